The molecule has 6 heteroatoms. The van der Waals surface area contributed by atoms with E-state index in [4.69, 9.17) is 4.98 Å². The van der Waals surface area contributed by atoms with E-state index in [1.165, 1.54) is 10.4 Å². The molecule has 0 unspecified atom stereocenters. The van der Waals surface area contributed by atoms with E-state index in [0.717, 1.165) is 43.7 Å². The minimum atomic E-state index is -0.0288. The molecule has 0 spiro atoms. The fourth-order valence-corrected chi connectivity index (χ4v) is 3.98. The van der Waals surface area contributed by atoms with Crippen molar-refractivity contribution < 1.29 is 0 Å². The third kappa shape index (κ3) is 3.55. The van der Waals surface area contributed by atoms with E-state index in [2.05, 4.69) is 33.2 Å². The Morgan fingerprint density at radius 2 is 2.16 bits per heavy atom. The molecule has 3 aromatic heterocycles. The average Bonchev–Trinajstić information content (AvgIpc) is 2.91. The quantitative estimate of drug-likeness (QED) is 0.787. The number of hydrogen-bond donors (Lipinski definition) is 1. The Morgan fingerprint density at radius 3 is 2.92 bits per heavy atom. The smallest absolute Gasteiger partial charge is 0.254 e. The Kier molecular flexibility index (Phi) is 4.46. The summed E-state index contributed by atoms with van der Waals surface area (Å²) in [7, 11) is 0. The molecule has 0 bridgehead atoms. The van der Waals surface area contributed by atoms with Gasteiger partial charge in [0.05, 0.1) is 5.69 Å². The monoisotopic (exact) mass is 352 g/mol. The number of aromatic amines is 1. The molecule has 0 fully saturated rings. The maximum atomic E-state index is 12.5. The van der Waals surface area contributed by atoms with Gasteiger partial charge in [-0.15, -0.1) is 11.3 Å². The topological polar surface area (TPSA) is 61.9 Å². The molecule has 3 aromatic rings. The second-order valence-corrected chi connectivity index (χ2v) is 7.51. The molecule has 1 N–H and O–H groups in total. The van der Waals surface area contributed by atoms with Crippen LogP contribution in [0.1, 0.15) is 21.7 Å². The lowest BCUT2D eigenvalue weighted by molar-refractivity contribution is 0.279. The van der Waals surface area contributed by atoms with Gasteiger partial charge in [0.2, 0.25) is 0 Å². The Balaban J connectivity index is 1.57. The van der Waals surface area contributed by atoms with Crippen LogP contribution in [0.3, 0.4) is 0 Å². The van der Waals surface area contributed by atoms with Crippen LogP contribution in [0.15, 0.2) is 40.6 Å². The van der Waals surface area contributed by atoms with Gasteiger partial charge >= 0.3 is 0 Å². The van der Waals surface area contributed by atoms with Crippen molar-refractivity contribution in [3.05, 3.63) is 67.9 Å². The van der Waals surface area contributed by atoms with Gasteiger partial charge < -0.3 is 4.98 Å². The van der Waals surface area contributed by atoms with Crippen molar-refractivity contribution in [2.24, 2.45) is 0 Å². The van der Waals surface area contributed by atoms with Crippen molar-refractivity contribution in [1.29, 1.82) is 0 Å². The number of nitrogens with one attached hydrogen (secondary N) is 1. The summed E-state index contributed by atoms with van der Waals surface area (Å²) in [5.74, 6) is 0.561. The van der Waals surface area contributed by atoms with Crippen molar-refractivity contribution in [2.45, 2.75) is 26.3 Å². The zero-order valence-electron chi connectivity index (χ0n) is 14.2. The fourth-order valence-electron chi connectivity index (χ4n) is 3.28. The molecule has 128 valence electrons. The van der Waals surface area contributed by atoms with E-state index >= 15 is 0 Å². The zero-order chi connectivity index (χ0) is 17.2. The van der Waals surface area contributed by atoms with Crippen molar-refractivity contribution in [2.75, 3.05) is 13.1 Å². The van der Waals surface area contributed by atoms with Gasteiger partial charge in [-0.05, 0) is 42.5 Å². The number of aryl methyl sites for hydroxylation is 1. The van der Waals surface area contributed by atoms with Crippen molar-refractivity contribution in [3.63, 3.8) is 0 Å². The molecular formula is C19H20N4OS. The maximum absolute atomic E-state index is 12.5. The molecule has 0 amide bonds. The summed E-state index contributed by atoms with van der Waals surface area (Å²) in [5, 5.41) is 2.22. The lowest BCUT2D eigenvalue weighted by Crippen LogP contribution is -2.26. The van der Waals surface area contributed by atoms with Crippen LogP contribution >= 0.6 is 11.3 Å². The highest BCUT2D eigenvalue weighted by Crippen LogP contribution is 2.19. The highest BCUT2D eigenvalue weighted by Gasteiger charge is 2.19. The summed E-state index contributed by atoms with van der Waals surface area (Å²) in [5.41, 5.74) is 3.76. The standard InChI is InChI=1S/C19H20N4OS/c1-13-10-14(12-25-13)11-23-8-5-15-16(6-9-23)21-18(22-19(15)24)17-4-2-3-7-20-17/h2-4,7,10,12H,5-6,8-9,11H2,1H3,(H,21,22,24). The number of rotatable bonds is 3. The third-order valence-electron chi connectivity index (χ3n) is 4.54. The predicted molar refractivity (Wildman–Crippen MR) is 99.8 cm³/mol. The van der Waals surface area contributed by atoms with Gasteiger partial charge in [0, 0.05) is 42.7 Å². The largest absolute Gasteiger partial charge is 0.305 e. The zero-order valence-corrected chi connectivity index (χ0v) is 15.0. The first kappa shape index (κ1) is 16.2. The highest BCUT2D eigenvalue weighted by molar-refractivity contribution is 7.10. The van der Waals surface area contributed by atoms with Gasteiger partial charge in [0.25, 0.3) is 5.56 Å². The fraction of sp³-hybridized carbons (Fsp3) is 0.316. The number of H-pyrrole nitrogens is 1. The van der Waals surface area contributed by atoms with Gasteiger partial charge in [-0.3, -0.25) is 14.7 Å². The summed E-state index contributed by atoms with van der Waals surface area (Å²) in [6.07, 6.45) is 3.25. The van der Waals surface area contributed by atoms with Gasteiger partial charge in [0.15, 0.2) is 5.82 Å². The predicted octanol–water partition coefficient (Wildman–Crippen LogP) is 2.80. The van der Waals surface area contributed by atoms with E-state index < -0.39 is 0 Å². The molecule has 1 aliphatic rings. The number of aromatic nitrogens is 3. The first-order valence-electron chi connectivity index (χ1n) is 8.49. The van der Waals surface area contributed by atoms with Crippen LogP contribution in [0, 0.1) is 6.92 Å². The van der Waals surface area contributed by atoms with Crippen LogP contribution in [-0.4, -0.2) is 32.9 Å². The average molecular weight is 352 g/mol. The number of hydrogen-bond acceptors (Lipinski definition) is 5. The van der Waals surface area contributed by atoms with Gasteiger partial charge in [-0.25, -0.2) is 4.98 Å². The van der Waals surface area contributed by atoms with Gasteiger partial charge in [0.1, 0.15) is 5.69 Å². The number of pyridine rings is 1. The van der Waals surface area contributed by atoms with E-state index in [-0.39, 0.29) is 5.56 Å². The van der Waals surface area contributed by atoms with Crippen molar-refractivity contribution in [3.8, 4) is 11.5 Å². The molecule has 5 nitrogen and oxygen atoms in total. The Bertz CT molecular complexity index is 932. The van der Waals surface area contributed by atoms with Crippen LogP contribution in [0.4, 0.5) is 0 Å². The van der Waals surface area contributed by atoms with Crippen molar-refractivity contribution in [1.82, 2.24) is 19.9 Å². The van der Waals surface area contributed by atoms with Gasteiger partial charge in [-0.1, -0.05) is 6.07 Å². The summed E-state index contributed by atoms with van der Waals surface area (Å²) < 4.78 is 0. The minimum absolute atomic E-state index is 0.0288. The molecule has 0 aliphatic carbocycles. The number of fused-ring (bicyclic) bond motifs is 1. The molecule has 25 heavy (non-hydrogen) atoms. The molecule has 0 aromatic carbocycles. The second-order valence-electron chi connectivity index (χ2n) is 6.40. The maximum Gasteiger partial charge on any atom is 0.254 e. The first-order valence-corrected chi connectivity index (χ1v) is 9.37. The van der Waals surface area contributed by atoms with E-state index in [1.54, 1.807) is 17.5 Å². The van der Waals surface area contributed by atoms with Crippen molar-refractivity contribution >= 4 is 11.3 Å². The van der Waals surface area contributed by atoms with Crippen LogP contribution in [0.2, 0.25) is 0 Å². The molecule has 4 heterocycles. The third-order valence-corrected chi connectivity index (χ3v) is 5.45. The number of nitrogens with zero attached hydrogens (tertiary/aromatic N) is 3. The van der Waals surface area contributed by atoms with Crippen LogP contribution in [0.5, 0.6) is 0 Å². The second kappa shape index (κ2) is 6.90. The van der Waals surface area contributed by atoms with E-state index in [1.807, 2.05) is 18.2 Å². The number of thiophene rings is 1. The Hall–Kier alpha value is -2.31. The summed E-state index contributed by atoms with van der Waals surface area (Å²) in [4.78, 5) is 28.2. The van der Waals surface area contributed by atoms with E-state index in [0.29, 0.717) is 11.5 Å². The first-order chi connectivity index (χ1) is 12.2. The summed E-state index contributed by atoms with van der Waals surface area (Å²) in [6, 6.07) is 7.87. The van der Waals surface area contributed by atoms with Crippen LogP contribution in [-0.2, 0) is 19.4 Å². The molecule has 4 rings (SSSR count). The molecule has 1 aliphatic heterocycles. The minimum Gasteiger partial charge on any atom is -0.305 e. The Labute approximate surface area is 150 Å². The Morgan fingerprint density at radius 1 is 1.28 bits per heavy atom. The lowest BCUT2D eigenvalue weighted by atomic mass is 10.1. The molecule has 0 radical (unpaired) electrons. The lowest BCUT2D eigenvalue weighted by Gasteiger charge is -2.18. The molecular weight excluding hydrogens is 332 g/mol. The van der Waals surface area contributed by atoms with Gasteiger partial charge in [-0.2, -0.15) is 0 Å². The normalized spacial score (nSPS) is 14.9. The molecule has 0 saturated carbocycles. The van der Waals surface area contributed by atoms with E-state index in [9.17, 15) is 4.79 Å². The molecule has 0 saturated heterocycles. The summed E-state index contributed by atoms with van der Waals surface area (Å²) >= 11 is 1.79. The molecule has 0 atom stereocenters. The SMILES string of the molecule is Cc1cc(CN2CCc3nc(-c4ccccn4)[nH]c(=O)c3CC2)cs1. The summed E-state index contributed by atoms with van der Waals surface area (Å²) in [6.45, 7) is 4.87. The van der Waals surface area contributed by atoms with Crippen LogP contribution < -0.4 is 5.56 Å². The highest BCUT2D eigenvalue weighted by atomic mass is 32.1. The van der Waals surface area contributed by atoms with Crippen LogP contribution in [0.25, 0.3) is 11.5 Å².